The van der Waals surface area contributed by atoms with E-state index in [0.717, 1.165) is 38.5 Å². The van der Waals surface area contributed by atoms with Crippen molar-refractivity contribution in [2.75, 3.05) is 0 Å². The number of carbonyl (C=O) groups excluding carboxylic acids is 2. The summed E-state index contributed by atoms with van der Waals surface area (Å²) in [5.41, 5.74) is -0.706. The molecule has 0 spiro atoms. The second-order valence-corrected chi connectivity index (χ2v) is 10.6. The molecule has 4 fully saturated rings. The van der Waals surface area contributed by atoms with Crippen LogP contribution in [-0.2, 0) is 9.59 Å². The van der Waals surface area contributed by atoms with Gasteiger partial charge in [-0.3, -0.25) is 9.59 Å². The summed E-state index contributed by atoms with van der Waals surface area (Å²) in [6, 6.07) is 0. The highest BCUT2D eigenvalue weighted by atomic mass is 16.3. The fraction of sp³-hybridized carbons (Fsp3) is 0.909. The Bertz CT molecular complexity index is 608. The summed E-state index contributed by atoms with van der Waals surface area (Å²) in [5.74, 6) is 2.62. The zero-order chi connectivity index (χ0) is 18.2. The van der Waals surface area contributed by atoms with Gasteiger partial charge >= 0.3 is 0 Å². The van der Waals surface area contributed by atoms with Gasteiger partial charge < -0.3 is 5.11 Å². The number of carbonyl (C=O) groups is 2. The van der Waals surface area contributed by atoms with E-state index >= 15 is 0 Å². The molecule has 140 valence electrons. The largest absolute Gasteiger partial charge is 0.390 e. The van der Waals surface area contributed by atoms with E-state index in [4.69, 9.17) is 0 Å². The lowest BCUT2D eigenvalue weighted by atomic mass is 9.41. The fourth-order valence-electron chi connectivity index (χ4n) is 8.49. The second kappa shape index (κ2) is 5.41. The summed E-state index contributed by atoms with van der Waals surface area (Å²) < 4.78 is 0. The van der Waals surface area contributed by atoms with E-state index in [1.807, 2.05) is 6.92 Å². The second-order valence-electron chi connectivity index (χ2n) is 10.6. The summed E-state index contributed by atoms with van der Waals surface area (Å²) in [4.78, 5) is 24.3. The van der Waals surface area contributed by atoms with Crippen LogP contribution in [0, 0.1) is 40.4 Å². The van der Waals surface area contributed by atoms with Gasteiger partial charge in [-0.05, 0) is 86.9 Å². The SMILES string of the molecule is CC(=O)[C@H]1CC[C@H]2[C@@H]3CC[C@@H]4CC(=O)CC[C@]4(C)[C@H]3[C@@](C)(O)C[C@]12C. The topological polar surface area (TPSA) is 54.4 Å². The maximum atomic E-state index is 12.3. The molecular weight excluding hydrogens is 312 g/mol. The molecule has 0 bridgehead atoms. The van der Waals surface area contributed by atoms with Gasteiger partial charge in [-0.2, -0.15) is 0 Å². The van der Waals surface area contributed by atoms with Crippen molar-refractivity contribution in [1.82, 2.24) is 0 Å². The third-order valence-electron chi connectivity index (χ3n) is 9.16. The van der Waals surface area contributed by atoms with E-state index < -0.39 is 5.60 Å². The van der Waals surface area contributed by atoms with Crippen LogP contribution in [0.25, 0.3) is 0 Å². The monoisotopic (exact) mass is 346 g/mol. The first kappa shape index (κ1) is 17.7. The maximum absolute atomic E-state index is 12.3. The first-order valence-electron chi connectivity index (χ1n) is 10.3. The lowest BCUT2D eigenvalue weighted by Crippen LogP contribution is -2.63. The van der Waals surface area contributed by atoms with Crippen molar-refractivity contribution in [3.05, 3.63) is 0 Å². The van der Waals surface area contributed by atoms with Crippen LogP contribution in [0.3, 0.4) is 0 Å². The number of hydrogen-bond acceptors (Lipinski definition) is 3. The number of aliphatic hydroxyl groups is 1. The zero-order valence-corrected chi connectivity index (χ0v) is 16.3. The van der Waals surface area contributed by atoms with Crippen molar-refractivity contribution in [3.8, 4) is 0 Å². The minimum atomic E-state index is -0.734. The molecule has 4 aliphatic carbocycles. The minimum absolute atomic E-state index is 0.0514. The van der Waals surface area contributed by atoms with Crippen LogP contribution in [0.1, 0.15) is 79.1 Å². The highest BCUT2D eigenvalue weighted by Crippen LogP contribution is 2.69. The van der Waals surface area contributed by atoms with Crippen molar-refractivity contribution in [2.45, 2.75) is 84.7 Å². The normalized spacial score (nSPS) is 55.2. The van der Waals surface area contributed by atoms with Gasteiger partial charge in [0.2, 0.25) is 0 Å². The molecule has 1 N–H and O–H groups in total. The zero-order valence-electron chi connectivity index (χ0n) is 16.3. The average molecular weight is 347 g/mol. The van der Waals surface area contributed by atoms with Crippen LogP contribution in [0.15, 0.2) is 0 Å². The summed E-state index contributed by atoms with van der Waals surface area (Å²) in [5, 5.41) is 11.7. The molecule has 4 saturated carbocycles. The molecule has 0 radical (unpaired) electrons. The Balaban J connectivity index is 1.74. The molecule has 4 rings (SSSR count). The Labute approximate surface area is 151 Å². The molecule has 3 nitrogen and oxygen atoms in total. The van der Waals surface area contributed by atoms with Gasteiger partial charge in [0.05, 0.1) is 5.60 Å². The molecule has 0 amide bonds. The van der Waals surface area contributed by atoms with Crippen LogP contribution in [0.4, 0.5) is 0 Å². The smallest absolute Gasteiger partial charge is 0.133 e. The van der Waals surface area contributed by atoms with Gasteiger partial charge in [0.1, 0.15) is 11.6 Å². The van der Waals surface area contributed by atoms with Crippen LogP contribution in [0.5, 0.6) is 0 Å². The van der Waals surface area contributed by atoms with E-state index in [1.165, 1.54) is 0 Å². The molecule has 25 heavy (non-hydrogen) atoms. The number of ketones is 2. The first-order chi connectivity index (χ1) is 11.6. The number of fused-ring (bicyclic) bond motifs is 5. The van der Waals surface area contributed by atoms with Crippen molar-refractivity contribution >= 4 is 11.6 Å². The molecule has 4 aliphatic rings. The molecular formula is C22H34O3. The van der Waals surface area contributed by atoms with Gasteiger partial charge in [-0.15, -0.1) is 0 Å². The predicted molar refractivity (Wildman–Crippen MR) is 96.9 cm³/mol. The van der Waals surface area contributed by atoms with Crippen LogP contribution < -0.4 is 0 Å². The molecule has 0 aromatic carbocycles. The Morgan fingerprint density at radius 1 is 1.08 bits per heavy atom. The predicted octanol–water partition coefficient (Wildman–Crippen LogP) is 4.16. The first-order valence-corrected chi connectivity index (χ1v) is 10.3. The van der Waals surface area contributed by atoms with Gasteiger partial charge in [-0.1, -0.05) is 13.8 Å². The lowest BCUT2D eigenvalue weighted by Gasteiger charge is -2.64. The van der Waals surface area contributed by atoms with E-state index in [1.54, 1.807) is 6.92 Å². The molecule has 0 unspecified atom stereocenters. The van der Waals surface area contributed by atoms with E-state index in [0.29, 0.717) is 42.2 Å². The van der Waals surface area contributed by atoms with E-state index in [2.05, 4.69) is 13.8 Å². The summed E-state index contributed by atoms with van der Waals surface area (Å²) in [6.07, 6.45) is 7.46. The minimum Gasteiger partial charge on any atom is -0.390 e. The van der Waals surface area contributed by atoms with Crippen molar-refractivity contribution in [1.29, 1.82) is 0 Å². The number of Topliss-reactive ketones (excluding diaryl/α,β-unsaturated/α-hetero) is 2. The summed E-state index contributed by atoms with van der Waals surface area (Å²) >= 11 is 0. The third kappa shape index (κ3) is 2.33. The standard InChI is InChI=1S/C22H34O3/c1-13(23)17-7-8-18-16-6-5-14-11-15(24)9-10-20(14,2)19(16)22(4,25)12-21(17,18)3/h14,16-19,25H,5-12H2,1-4H3/t14-,16+,17-,18+,19+,20+,21-,22+/m1/s1. The summed E-state index contributed by atoms with van der Waals surface area (Å²) in [6.45, 7) is 8.41. The Morgan fingerprint density at radius 2 is 1.80 bits per heavy atom. The van der Waals surface area contributed by atoms with Gasteiger partial charge in [0, 0.05) is 18.8 Å². The number of rotatable bonds is 1. The van der Waals surface area contributed by atoms with Crippen molar-refractivity contribution < 1.29 is 14.7 Å². The van der Waals surface area contributed by atoms with Crippen LogP contribution >= 0.6 is 0 Å². The Kier molecular flexibility index (Phi) is 3.83. The van der Waals surface area contributed by atoms with Gasteiger partial charge in [0.15, 0.2) is 0 Å². The molecule has 0 heterocycles. The molecule has 0 aliphatic heterocycles. The third-order valence-corrected chi connectivity index (χ3v) is 9.16. The van der Waals surface area contributed by atoms with E-state index in [-0.39, 0.29) is 22.7 Å². The Hall–Kier alpha value is -0.700. The lowest BCUT2D eigenvalue weighted by molar-refractivity contribution is -0.213. The molecule has 0 aromatic heterocycles. The van der Waals surface area contributed by atoms with Gasteiger partial charge in [-0.25, -0.2) is 0 Å². The quantitative estimate of drug-likeness (QED) is 0.775. The van der Waals surface area contributed by atoms with Crippen molar-refractivity contribution in [2.24, 2.45) is 40.4 Å². The molecule has 8 atom stereocenters. The van der Waals surface area contributed by atoms with Crippen LogP contribution in [0.2, 0.25) is 0 Å². The molecule has 0 aromatic rings. The van der Waals surface area contributed by atoms with Crippen molar-refractivity contribution in [3.63, 3.8) is 0 Å². The maximum Gasteiger partial charge on any atom is 0.133 e. The highest BCUT2D eigenvalue weighted by Gasteiger charge is 2.66. The van der Waals surface area contributed by atoms with E-state index in [9.17, 15) is 14.7 Å². The Morgan fingerprint density at radius 3 is 2.48 bits per heavy atom. The molecule has 0 saturated heterocycles. The molecule has 3 heteroatoms. The average Bonchev–Trinajstić information content (AvgIpc) is 2.83. The summed E-state index contributed by atoms with van der Waals surface area (Å²) in [7, 11) is 0. The fourth-order valence-corrected chi connectivity index (χ4v) is 8.49. The van der Waals surface area contributed by atoms with Crippen LogP contribution in [-0.4, -0.2) is 22.3 Å². The highest BCUT2D eigenvalue weighted by molar-refractivity contribution is 5.80. The number of hydrogen-bond donors (Lipinski definition) is 1. The van der Waals surface area contributed by atoms with Gasteiger partial charge in [0.25, 0.3) is 0 Å².